The Balaban J connectivity index is 1.42. The second-order valence-corrected chi connectivity index (χ2v) is 6.57. The molecule has 1 aliphatic rings. The fourth-order valence-electron chi connectivity index (χ4n) is 3.38. The van der Waals surface area contributed by atoms with Crippen LogP contribution in [0.25, 0.3) is 0 Å². The summed E-state index contributed by atoms with van der Waals surface area (Å²) in [5, 5.41) is 4.60. The molecule has 3 aromatic heterocycles. The molecule has 0 bridgehead atoms. The Morgan fingerprint density at radius 2 is 2.22 bits per heavy atom. The van der Waals surface area contributed by atoms with E-state index in [4.69, 9.17) is 4.74 Å². The summed E-state index contributed by atoms with van der Waals surface area (Å²) in [5.74, 6) is 0.718. The molecule has 4 heterocycles. The highest BCUT2D eigenvalue weighted by Crippen LogP contribution is 2.23. The zero-order valence-corrected chi connectivity index (χ0v) is 15.3. The van der Waals surface area contributed by atoms with Crippen LogP contribution in [0.3, 0.4) is 0 Å². The molecule has 0 N–H and O–H groups in total. The first-order valence-corrected chi connectivity index (χ1v) is 9.01. The number of aromatic nitrogens is 5. The van der Waals surface area contributed by atoms with Crippen LogP contribution in [-0.4, -0.2) is 41.7 Å². The number of imidazole rings is 1. The lowest BCUT2D eigenvalue weighted by atomic mass is 10.0. The molecule has 0 spiro atoms. The van der Waals surface area contributed by atoms with Crippen LogP contribution in [0.1, 0.15) is 23.4 Å². The van der Waals surface area contributed by atoms with E-state index in [-0.39, 0.29) is 5.91 Å². The Morgan fingerprint density at radius 1 is 1.30 bits per heavy atom. The minimum absolute atomic E-state index is 0.148. The van der Waals surface area contributed by atoms with Crippen molar-refractivity contribution in [3.05, 3.63) is 60.1 Å². The van der Waals surface area contributed by atoms with Crippen molar-refractivity contribution < 1.29 is 9.53 Å². The van der Waals surface area contributed by atoms with E-state index in [9.17, 15) is 4.79 Å². The van der Waals surface area contributed by atoms with Gasteiger partial charge in [-0.3, -0.25) is 9.48 Å². The van der Waals surface area contributed by atoms with Crippen molar-refractivity contribution in [2.24, 2.45) is 7.05 Å². The van der Waals surface area contributed by atoms with Crippen LogP contribution in [-0.2, 0) is 38.0 Å². The molecule has 4 rings (SSSR count). The van der Waals surface area contributed by atoms with Crippen LogP contribution in [0, 0.1) is 0 Å². The maximum atomic E-state index is 12.6. The lowest BCUT2D eigenvalue weighted by Gasteiger charge is -2.28. The SMILES string of the molecule is Cn1nc(COc2ccccn2)c2c1CCN(C(=O)CCn1ccnc1)C2. The Morgan fingerprint density at radius 3 is 3.00 bits per heavy atom. The van der Waals surface area contributed by atoms with Crippen LogP contribution >= 0.6 is 0 Å². The quantitative estimate of drug-likeness (QED) is 0.662. The topological polar surface area (TPSA) is 78.1 Å². The number of hydrogen-bond acceptors (Lipinski definition) is 5. The van der Waals surface area contributed by atoms with E-state index in [0.717, 1.165) is 24.2 Å². The van der Waals surface area contributed by atoms with Gasteiger partial charge in [-0.15, -0.1) is 0 Å². The first-order valence-electron chi connectivity index (χ1n) is 9.01. The molecule has 8 heteroatoms. The summed E-state index contributed by atoms with van der Waals surface area (Å²) in [6.07, 6.45) is 8.29. The second-order valence-electron chi connectivity index (χ2n) is 6.57. The van der Waals surface area contributed by atoms with Gasteiger partial charge in [-0.25, -0.2) is 9.97 Å². The first kappa shape index (κ1) is 17.3. The molecule has 0 radical (unpaired) electrons. The highest BCUT2D eigenvalue weighted by Gasteiger charge is 2.26. The van der Waals surface area contributed by atoms with Crippen LogP contribution in [0.5, 0.6) is 5.88 Å². The smallest absolute Gasteiger partial charge is 0.224 e. The molecule has 1 amide bonds. The number of carbonyl (C=O) groups is 1. The number of pyridine rings is 1. The number of rotatable bonds is 6. The van der Waals surface area contributed by atoms with Crippen molar-refractivity contribution in [1.29, 1.82) is 0 Å². The summed E-state index contributed by atoms with van der Waals surface area (Å²) in [6.45, 7) is 2.28. The number of ether oxygens (including phenoxy) is 1. The summed E-state index contributed by atoms with van der Waals surface area (Å²) in [5.41, 5.74) is 3.13. The molecule has 0 aromatic carbocycles. The van der Waals surface area contributed by atoms with Gasteiger partial charge in [-0.2, -0.15) is 5.10 Å². The van der Waals surface area contributed by atoms with Crippen molar-refractivity contribution in [3.8, 4) is 5.88 Å². The molecule has 0 saturated heterocycles. The highest BCUT2D eigenvalue weighted by molar-refractivity contribution is 5.76. The number of carbonyl (C=O) groups excluding carboxylic acids is 1. The Kier molecular flexibility index (Phi) is 4.86. The van der Waals surface area contributed by atoms with Crippen molar-refractivity contribution >= 4 is 5.91 Å². The van der Waals surface area contributed by atoms with Gasteiger partial charge in [-0.1, -0.05) is 6.07 Å². The monoisotopic (exact) mass is 366 g/mol. The number of fused-ring (bicyclic) bond motifs is 1. The van der Waals surface area contributed by atoms with Crippen molar-refractivity contribution in [3.63, 3.8) is 0 Å². The number of nitrogens with zero attached hydrogens (tertiary/aromatic N) is 6. The summed E-state index contributed by atoms with van der Waals surface area (Å²) in [4.78, 5) is 22.7. The molecule has 1 aliphatic heterocycles. The molecule has 8 nitrogen and oxygen atoms in total. The van der Waals surface area contributed by atoms with E-state index in [1.165, 1.54) is 5.69 Å². The van der Waals surface area contributed by atoms with E-state index in [1.54, 1.807) is 18.7 Å². The van der Waals surface area contributed by atoms with Gasteiger partial charge in [0.2, 0.25) is 11.8 Å². The van der Waals surface area contributed by atoms with Gasteiger partial charge in [0, 0.05) is 75.4 Å². The van der Waals surface area contributed by atoms with Crippen molar-refractivity contribution in [2.45, 2.75) is 32.5 Å². The number of aryl methyl sites for hydroxylation is 2. The Labute approximate surface area is 157 Å². The third-order valence-corrected chi connectivity index (χ3v) is 4.82. The van der Waals surface area contributed by atoms with Crippen molar-refractivity contribution in [1.82, 2.24) is 29.2 Å². The lowest BCUT2D eigenvalue weighted by Crippen LogP contribution is -2.36. The fourth-order valence-corrected chi connectivity index (χ4v) is 3.38. The predicted molar refractivity (Wildman–Crippen MR) is 97.7 cm³/mol. The lowest BCUT2D eigenvalue weighted by molar-refractivity contribution is -0.132. The average Bonchev–Trinajstić information content (AvgIpc) is 3.33. The Bertz CT molecular complexity index is 904. The van der Waals surface area contributed by atoms with Gasteiger partial charge in [0.25, 0.3) is 0 Å². The summed E-state index contributed by atoms with van der Waals surface area (Å²) in [6, 6.07) is 5.56. The maximum Gasteiger partial charge on any atom is 0.224 e. The molecule has 0 fully saturated rings. The van der Waals surface area contributed by atoms with Crippen LogP contribution in [0.15, 0.2) is 43.1 Å². The molecule has 27 heavy (non-hydrogen) atoms. The van der Waals surface area contributed by atoms with Gasteiger partial charge in [0.15, 0.2) is 0 Å². The molecular weight excluding hydrogens is 344 g/mol. The molecule has 3 aromatic rings. The predicted octanol–water partition coefficient (Wildman–Crippen LogP) is 1.57. The third-order valence-electron chi connectivity index (χ3n) is 4.82. The normalized spacial score (nSPS) is 13.4. The zero-order chi connectivity index (χ0) is 18.6. The van der Waals surface area contributed by atoms with E-state index >= 15 is 0 Å². The van der Waals surface area contributed by atoms with Crippen LogP contribution in [0.4, 0.5) is 0 Å². The molecule has 0 unspecified atom stereocenters. The third kappa shape index (κ3) is 3.84. The second kappa shape index (κ2) is 7.61. The van der Waals surface area contributed by atoms with Gasteiger partial charge >= 0.3 is 0 Å². The largest absolute Gasteiger partial charge is 0.471 e. The van der Waals surface area contributed by atoms with E-state index in [1.807, 2.05) is 45.6 Å². The molecular formula is C19H22N6O2. The van der Waals surface area contributed by atoms with Crippen LogP contribution < -0.4 is 4.74 Å². The van der Waals surface area contributed by atoms with Gasteiger partial charge in [0.1, 0.15) is 12.3 Å². The average molecular weight is 366 g/mol. The standard InChI is InChI=1S/C19H22N6O2/c1-23-17-5-10-25(19(26)6-9-24-11-8-20-14-24)12-15(17)16(22-23)13-27-18-4-2-3-7-21-18/h2-4,7-8,11,14H,5-6,9-10,12-13H2,1H3. The maximum absolute atomic E-state index is 12.6. The van der Waals surface area contributed by atoms with Crippen LogP contribution in [0.2, 0.25) is 0 Å². The first-order chi connectivity index (χ1) is 13.2. The fraction of sp³-hybridized carbons (Fsp3) is 0.368. The summed E-state index contributed by atoms with van der Waals surface area (Å²) < 4.78 is 9.59. The zero-order valence-electron chi connectivity index (χ0n) is 15.3. The van der Waals surface area contributed by atoms with E-state index < -0.39 is 0 Å². The minimum Gasteiger partial charge on any atom is -0.471 e. The highest BCUT2D eigenvalue weighted by atomic mass is 16.5. The van der Waals surface area contributed by atoms with E-state index in [2.05, 4.69) is 15.1 Å². The van der Waals surface area contributed by atoms with Gasteiger partial charge in [0.05, 0.1) is 6.33 Å². The molecule has 0 aliphatic carbocycles. The number of amides is 1. The summed E-state index contributed by atoms with van der Waals surface area (Å²) in [7, 11) is 1.94. The van der Waals surface area contributed by atoms with Crippen molar-refractivity contribution in [2.75, 3.05) is 6.54 Å². The molecule has 140 valence electrons. The number of hydrogen-bond donors (Lipinski definition) is 0. The molecule has 0 atom stereocenters. The molecule has 0 saturated carbocycles. The van der Waals surface area contributed by atoms with Gasteiger partial charge in [-0.05, 0) is 6.07 Å². The van der Waals surface area contributed by atoms with Gasteiger partial charge < -0.3 is 14.2 Å². The Hall–Kier alpha value is -3.16. The van der Waals surface area contributed by atoms with E-state index in [0.29, 0.717) is 32.0 Å². The summed E-state index contributed by atoms with van der Waals surface area (Å²) >= 11 is 0. The minimum atomic E-state index is 0.148.